The molecule has 170 valence electrons. The third-order valence-electron chi connectivity index (χ3n) is 5.88. The first-order valence-electron chi connectivity index (χ1n) is 10.8. The van der Waals surface area contributed by atoms with Gasteiger partial charge in [0.15, 0.2) is 0 Å². The molecule has 8 nitrogen and oxygen atoms in total. The van der Waals surface area contributed by atoms with Crippen molar-refractivity contribution in [2.24, 2.45) is 0 Å². The average Bonchev–Trinajstić information content (AvgIpc) is 2.78. The van der Waals surface area contributed by atoms with Gasteiger partial charge in [-0.15, -0.1) is 0 Å². The zero-order chi connectivity index (χ0) is 22.9. The van der Waals surface area contributed by atoms with Crippen molar-refractivity contribution in [2.45, 2.75) is 44.0 Å². The second kappa shape index (κ2) is 8.82. The van der Waals surface area contributed by atoms with Crippen molar-refractivity contribution in [3.8, 4) is 5.75 Å². The first-order chi connectivity index (χ1) is 15.3. The van der Waals surface area contributed by atoms with Gasteiger partial charge in [0.2, 0.25) is 5.91 Å². The van der Waals surface area contributed by atoms with Crippen LogP contribution in [0.4, 0.5) is 16.2 Å². The molecule has 2 aliphatic heterocycles. The Morgan fingerprint density at radius 3 is 2.50 bits per heavy atom. The Bertz CT molecular complexity index is 1120. The summed E-state index contributed by atoms with van der Waals surface area (Å²) in [5, 5.41) is 0. The van der Waals surface area contributed by atoms with Crippen LogP contribution in [0.1, 0.15) is 33.1 Å². The number of anilines is 2. The summed E-state index contributed by atoms with van der Waals surface area (Å²) >= 11 is 0. The van der Waals surface area contributed by atoms with E-state index in [0.29, 0.717) is 18.9 Å². The summed E-state index contributed by atoms with van der Waals surface area (Å²) in [7, 11) is -4.14. The maximum absolute atomic E-state index is 13.5. The van der Waals surface area contributed by atoms with Crippen molar-refractivity contribution in [3.05, 3.63) is 48.5 Å². The van der Waals surface area contributed by atoms with Crippen molar-refractivity contribution in [2.75, 3.05) is 28.9 Å². The fourth-order valence-electron chi connectivity index (χ4n) is 4.25. The summed E-state index contributed by atoms with van der Waals surface area (Å²) < 4.78 is 32.9. The standard InChI is InChI=1S/C23H27N3O5S/c1-3-31-19-13-11-18(12-14-19)26-23(28)25(16-22(27)24-15-7-6-8-17(24)2)20-9-4-5-10-21(20)32(26,29)30/h4-5,9-14,17H,3,6-8,15-16H2,1-2H3. The predicted molar refractivity (Wildman–Crippen MR) is 121 cm³/mol. The van der Waals surface area contributed by atoms with Crippen molar-refractivity contribution in [3.63, 3.8) is 0 Å². The van der Waals surface area contributed by atoms with Gasteiger partial charge in [-0.05, 0) is 69.5 Å². The summed E-state index contributed by atoms with van der Waals surface area (Å²) in [6, 6.07) is 11.9. The smallest absolute Gasteiger partial charge is 0.343 e. The first-order valence-corrected chi connectivity index (χ1v) is 12.3. The molecular formula is C23H27N3O5S. The average molecular weight is 458 g/mol. The maximum atomic E-state index is 13.5. The van der Waals surface area contributed by atoms with E-state index >= 15 is 0 Å². The Kier molecular flexibility index (Phi) is 6.10. The Morgan fingerprint density at radius 1 is 1.09 bits per heavy atom. The molecule has 32 heavy (non-hydrogen) atoms. The summed E-state index contributed by atoms with van der Waals surface area (Å²) in [6.07, 6.45) is 2.91. The van der Waals surface area contributed by atoms with Crippen molar-refractivity contribution < 1.29 is 22.7 Å². The largest absolute Gasteiger partial charge is 0.494 e. The number of urea groups is 1. The van der Waals surface area contributed by atoms with Crippen molar-refractivity contribution >= 4 is 33.3 Å². The molecule has 2 aromatic rings. The Balaban J connectivity index is 1.72. The van der Waals surface area contributed by atoms with Crippen LogP contribution in [-0.2, 0) is 14.8 Å². The minimum absolute atomic E-state index is 0.00650. The molecule has 0 aliphatic carbocycles. The van der Waals surface area contributed by atoms with Crippen LogP contribution in [-0.4, -0.2) is 51.0 Å². The molecule has 1 atom stereocenters. The highest BCUT2D eigenvalue weighted by atomic mass is 32.2. The molecule has 2 aliphatic rings. The number of carbonyl (C=O) groups is 2. The third kappa shape index (κ3) is 3.92. The molecule has 0 bridgehead atoms. The van der Waals surface area contributed by atoms with E-state index in [1.165, 1.54) is 23.1 Å². The van der Waals surface area contributed by atoms with E-state index in [1.54, 1.807) is 35.2 Å². The van der Waals surface area contributed by atoms with Crippen molar-refractivity contribution in [1.82, 2.24) is 4.90 Å². The van der Waals surface area contributed by atoms with Crippen LogP contribution < -0.4 is 13.9 Å². The third-order valence-corrected chi connectivity index (χ3v) is 7.63. The number of piperidine rings is 1. The normalized spacial score (nSPS) is 20.1. The molecule has 0 N–H and O–H groups in total. The van der Waals surface area contributed by atoms with Crippen LogP contribution in [0.15, 0.2) is 53.4 Å². The van der Waals surface area contributed by atoms with Gasteiger partial charge in [-0.25, -0.2) is 13.2 Å². The number of rotatable bonds is 5. The number of nitrogens with zero attached hydrogens (tertiary/aromatic N) is 3. The van der Waals surface area contributed by atoms with Crippen LogP contribution in [0.2, 0.25) is 0 Å². The van der Waals surface area contributed by atoms with Crippen LogP contribution in [0, 0.1) is 0 Å². The fraction of sp³-hybridized carbons (Fsp3) is 0.391. The van der Waals surface area contributed by atoms with Gasteiger partial charge in [-0.1, -0.05) is 12.1 Å². The van der Waals surface area contributed by atoms with Gasteiger partial charge in [-0.3, -0.25) is 9.69 Å². The number of hydrogen-bond acceptors (Lipinski definition) is 5. The second-order valence-electron chi connectivity index (χ2n) is 7.96. The monoisotopic (exact) mass is 457 g/mol. The summed E-state index contributed by atoms with van der Waals surface area (Å²) in [5.74, 6) is 0.385. The number of fused-ring (bicyclic) bond motifs is 1. The van der Waals surface area contributed by atoms with Gasteiger partial charge in [0, 0.05) is 12.6 Å². The molecule has 0 spiro atoms. The summed E-state index contributed by atoms with van der Waals surface area (Å²) in [6.45, 7) is 4.74. The SMILES string of the molecule is CCOc1ccc(N2C(=O)N(CC(=O)N3CCCCC3C)c3ccccc3S2(=O)=O)cc1. The van der Waals surface area contributed by atoms with E-state index in [9.17, 15) is 18.0 Å². The predicted octanol–water partition coefficient (Wildman–Crippen LogP) is 3.62. The molecule has 0 saturated carbocycles. The molecular weight excluding hydrogens is 430 g/mol. The molecule has 2 heterocycles. The highest BCUT2D eigenvalue weighted by Gasteiger charge is 2.43. The molecule has 2 aromatic carbocycles. The summed E-state index contributed by atoms with van der Waals surface area (Å²) in [4.78, 5) is 29.6. The van der Waals surface area contributed by atoms with Crippen molar-refractivity contribution in [1.29, 1.82) is 0 Å². The number of ether oxygens (including phenoxy) is 1. The lowest BCUT2D eigenvalue weighted by atomic mass is 10.0. The molecule has 1 saturated heterocycles. The number of para-hydroxylation sites is 1. The highest BCUT2D eigenvalue weighted by Crippen LogP contribution is 2.37. The molecule has 1 unspecified atom stereocenters. The number of benzene rings is 2. The van der Waals surface area contributed by atoms with E-state index in [0.717, 1.165) is 23.6 Å². The zero-order valence-corrected chi connectivity index (χ0v) is 19.0. The number of hydrogen-bond donors (Lipinski definition) is 0. The second-order valence-corrected chi connectivity index (χ2v) is 9.72. The van der Waals surface area contributed by atoms with Gasteiger partial charge in [0.05, 0.1) is 18.0 Å². The summed E-state index contributed by atoms with van der Waals surface area (Å²) in [5.41, 5.74) is 0.412. The topological polar surface area (TPSA) is 87.2 Å². The van der Waals surface area contributed by atoms with Gasteiger partial charge in [0.25, 0.3) is 10.0 Å². The zero-order valence-electron chi connectivity index (χ0n) is 18.2. The fourth-order valence-corrected chi connectivity index (χ4v) is 5.85. The first kappa shape index (κ1) is 22.1. The number of likely N-dealkylation sites (tertiary alicyclic amines) is 1. The van der Waals surface area contributed by atoms with Crippen LogP contribution >= 0.6 is 0 Å². The molecule has 9 heteroatoms. The lowest BCUT2D eigenvalue weighted by molar-refractivity contribution is -0.132. The Hall–Kier alpha value is -3.07. The minimum atomic E-state index is -4.14. The van der Waals surface area contributed by atoms with Crippen LogP contribution in [0.3, 0.4) is 0 Å². The molecule has 3 amide bonds. The maximum Gasteiger partial charge on any atom is 0.343 e. The number of carbonyl (C=O) groups excluding carboxylic acids is 2. The van der Waals surface area contributed by atoms with E-state index in [-0.39, 0.29) is 34.8 Å². The molecule has 1 fully saturated rings. The van der Waals surface area contributed by atoms with E-state index < -0.39 is 16.1 Å². The number of sulfonamides is 1. The van der Waals surface area contributed by atoms with E-state index in [2.05, 4.69) is 0 Å². The Morgan fingerprint density at radius 2 is 1.81 bits per heavy atom. The van der Waals surface area contributed by atoms with Gasteiger partial charge >= 0.3 is 6.03 Å². The number of amides is 3. The van der Waals surface area contributed by atoms with E-state index in [4.69, 9.17) is 4.74 Å². The van der Waals surface area contributed by atoms with Crippen LogP contribution in [0.5, 0.6) is 5.75 Å². The quantitative estimate of drug-likeness (QED) is 0.684. The highest BCUT2D eigenvalue weighted by molar-refractivity contribution is 7.94. The Labute approximate surface area is 188 Å². The molecule has 0 aromatic heterocycles. The minimum Gasteiger partial charge on any atom is -0.494 e. The van der Waals surface area contributed by atoms with Gasteiger partial charge < -0.3 is 9.64 Å². The van der Waals surface area contributed by atoms with Gasteiger partial charge in [0.1, 0.15) is 17.2 Å². The molecule has 0 radical (unpaired) electrons. The lowest BCUT2D eigenvalue weighted by Crippen LogP contribution is -2.55. The van der Waals surface area contributed by atoms with Crippen LogP contribution in [0.25, 0.3) is 0 Å². The van der Waals surface area contributed by atoms with Gasteiger partial charge in [-0.2, -0.15) is 4.31 Å². The lowest BCUT2D eigenvalue weighted by Gasteiger charge is -2.38. The van der Waals surface area contributed by atoms with E-state index in [1.807, 2.05) is 13.8 Å². The molecule has 4 rings (SSSR count).